The van der Waals surface area contributed by atoms with Crippen molar-refractivity contribution in [2.24, 2.45) is 0 Å². The maximum atomic E-state index is 12.3. The normalized spacial score (nSPS) is 11.2. The Morgan fingerprint density at radius 2 is 1.72 bits per heavy atom. The SMILES string of the molecule is CCCCc1ccc(NC(=O)COC(=O)c2ccccc2N/C=C/C(=O)C(F)(F)F)cc1. The van der Waals surface area contributed by atoms with Crippen LogP contribution < -0.4 is 10.6 Å². The Hall–Kier alpha value is -3.62. The van der Waals surface area contributed by atoms with E-state index in [-0.39, 0.29) is 11.3 Å². The standard InChI is InChI=1S/C23H23F3N2O4/c1-2-3-6-16-9-11-17(12-10-16)28-21(30)15-32-22(31)18-7-4-5-8-19(18)27-14-13-20(29)23(24,25)26/h4-5,7-14,27H,2-3,6,15H2,1H3,(H,28,30)/b14-13+. The first-order chi connectivity index (χ1) is 15.2. The summed E-state index contributed by atoms with van der Waals surface area (Å²) in [4.78, 5) is 35.3. The van der Waals surface area contributed by atoms with Crippen LogP contribution in [0.15, 0.2) is 60.8 Å². The van der Waals surface area contributed by atoms with Crippen LogP contribution in [-0.4, -0.2) is 30.4 Å². The van der Waals surface area contributed by atoms with Crippen molar-refractivity contribution in [1.29, 1.82) is 0 Å². The lowest BCUT2D eigenvalue weighted by Crippen LogP contribution is -2.21. The Morgan fingerprint density at radius 1 is 1.03 bits per heavy atom. The average Bonchev–Trinajstić information content (AvgIpc) is 2.76. The van der Waals surface area contributed by atoms with E-state index in [1.165, 1.54) is 24.3 Å². The molecule has 0 fully saturated rings. The number of esters is 1. The van der Waals surface area contributed by atoms with Gasteiger partial charge in [-0.2, -0.15) is 13.2 Å². The van der Waals surface area contributed by atoms with E-state index in [0.717, 1.165) is 31.0 Å². The number of allylic oxidation sites excluding steroid dienone is 1. The highest BCUT2D eigenvalue weighted by molar-refractivity contribution is 5.99. The van der Waals surface area contributed by atoms with Crippen LogP contribution in [0.2, 0.25) is 0 Å². The fourth-order valence-electron chi connectivity index (χ4n) is 2.63. The number of carbonyl (C=O) groups excluding carboxylic acids is 3. The van der Waals surface area contributed by atoms with Crippen molar-refractivity contribution < 1.29 is 32.3 Å². The Bertz CT molecular complexity index is 970. The summed E-state index contributed by atoms with van der Waals surface area (Å²) < 4.78 is 41.7. The third-order valence-corrected chi connectivity index (χ3v) is 4.29. The molecule has 0 aliphatic carbocycles. The summed E-state index contributed by atoms with van der Waals surface area (Å²) in [7, 11) is 0. The zero-order chi connectivity index (χ0) is 23.6. The molecule has 0 atom stereocenters. The summed E-state index contributed by atoms with van der Waals surface area (Å²) in [5.41, 5.74) is 1.83. The lowest BCUT2D eigenvalue weighted by Gasteiger charge is -2.10. The molecule has 170 valence electrons. The number of ether oxygens (including phenoxy) is 1. The third-order valence-electron chi connectivity index (χ3n) is 4.29. The van der Waals surface area contributed by atoms with E-state index in [1.54, 1.807) is 12.1 Å². The molecule has 9 heteroatoms. The van der Waals surface area contributed by atoms with Crippen LogP contribution in [0.4, 0.5) is 24.5 Å². The monoisotopic (exact) mass is 448 g/mol. The number of ketones is 1. The third kappa shape index (κ3) is 7.90. The van der Waals surface area contributed by atoms with Gasteiger partial charge in [-0.3, -0.25) is 9.59 Å². The number of benzene rings is 2. The molecular weight excluding hydrogens is 425 g/mol. The van der Waals surface area contributed by atoms with Crippen LogP contribution in [0.25, 0.3) is 0 Å². The van der Waals surface area contributed by atoms with Gasteiger partial charge in [0.15, 0.2) is 6.61 Å². The molecule has 32 heavy (non-hydrogen) atoms. The van der Waals surface area contributed by atoms with Gasteiger partial charge in [-0.05, 0) is 42.7 Å². The number of rotatable bonds is 10. The van der Waals surface area contributed by atoms with Gasteiger partial charge in [0.1, 0.15) is 0 Å². The van der Waals surface area contributed by atoms with Crippen molar-refractivity contribution in [1.82, 2.24) is 0 Å². The zero-order valence-corrected chi connectivity index (χ0v) is 17.4. The van der Waals surface area contributed by atoms with Crippen molar-refractivity contribution in [3.8, 4) is 0 Å². The van der Waals surface area contributed by atoms with Gasteiger partial charge in [0.2, 0.25) is 0 Å². The van der Waals surface area contributed by atoms with Crippen molar-refractivity contribution >= 4 is 29.0 Å². The van der Waals surface area contributed by atoms with Crippen LogP contribution in [0, 0.1) is 0 Å². The second kappa shape index (κ2) is 11.7. The van der Waals surface area contributed by atoms with Gasteiger partial charge >= 0.3 is 12.1 Å². The van der Waals surface area contributed by atoms with Gasteiger partial charge < -0.3 is 15.4 Å². The van der Waals surface area contributed by atoms with Gasteiger partial charge in [-0.25, -0.2) is 4.79 Å². The fraction of sp³-hybridized carbons (Fsp3) is 0.261. The van der Waals surface area contributed by atoms with Crippen LogP contribution in [-0.2, 0) is 20.7 Å². The summed E-state index contributed by atoms with van der Waals surface area (Å²) in [5, 5.41) is 5.06. The molecule has 0 unspecified atom stereocenters. The maximum absolute atomic E-state index is 12.3. The number of para-hydroxylation sites is 1. The van der Waals surface area contributed by atoms with Gasteiger partial charge in [-0.1, -0.05) is 37.6 Å². The largest absolute Gasteiger partial charge is 0.454 e. The maximum Gasteiger partial charge on any atom is 0.454 e. The van der Waals surface area contributed by atoms with E-state index in [9.17, 15) is 27.6 Å². The molecule has 2 rings (SSSR count). The molecule has 0 radical (unpaired) electrons. The van der Waals surface area contributed by atoms with E-state index >= 15 is 0 Å². The minimum Gasteiger partial charge on any atom is -0.452 e. The molecular formula is C23H23F3N2O4. The molecule has 0 spiro atoms. The number of aryl methyl sites for hydroxylation is 1. The molecule has 0 heterocycles. The number of hydrogen-bond donors (Lipinski definition) is 2. The Morgan fingerprint density at radius 3 is 2.38 bits per heavy atom. The van der Waals surface area contributed by atoms with Crippen LogP contribution in [0.3, 0.4) is 0 Å². The Balaban J connectivity index is 1.90. The first-order valence-electron chi connectivity index (χ1n) is 9.90. The number of carbonyl (C=O) groups is 3. The first-order valence-corrected chi connectivity index (χ1v) is 9.90. The Kier molecular flexibility index (Phi) is 9.00. The van der Waals surface area contributed by atoms with Crippen LogP contribution in [0.1, 0.15) is 35.7 Å². The van der Waals surface area contributed by atoms with E-state index in [2.05, 4.69) is 17.6 Å². The molecule has 0 saturated heterocycles. The molecule has 0 aliphatic heterocycles. The predicted molar refractivity (Wildman–Crippen MR) is 114 cm³/mol. The smallest absolute Gasteiger partial charge is 0.452 e. The number of unbranched alkanes of at least 4 members (excludes halogenated alkanes) is 1. The van der Waals surface area contributed by atoms with Crippen molar-refractivity contribution in [3.05, 3.63) is 71.9 Å². The van der Waals surface area contributed by atoms with Gasteiger partial charge in [0.05, 0.1) is 11.3 Å². The number of halogens is 3. The van der Waals surface area contributed by atoms with Crippen molar-refractivity contribution in [2.45, 2.75) is 32.4 Å². The van der Waals surface area contributed by atoms with Crippen LogP contribution in [0.5, 0.6) is 0 Å². The number of alkyl halides is 3. The number of hydrogen-bond acceptors (Lipinski definition) is 5. The molecule has 2 aromatic rings. The summed E-state index contributed by atoms with van der Waals surface area (Å²) in [6.45, 7) is 1.56. The number of nitrogens with one attached hydrogen (secondary N) is 2. The van der Waals surface area contributed by atoms with Gasteiger partial charge in [-0.15, -0.1) is 0 Å². The van der Waals surface area contributed by atoms with Crippen LogP contribution >= 0.6 is 0 Å². The van der Waals surface area contributed by atoms with E-state index in [0.29, 0.717) is 11.8 Å². The van der Waals surface area contributed by atoms with Gasteiger partial charge in [0, 0.05) is 18.0 Å². The molecule has 1 amide bonds. The zero-order valence-electron chi connectivity index (χ0n) is 17.4. The summed E-state index contributed by atoms with van der Waals surface area (Å²) in [6, 6.07) is 13.2. The molecule has 0 aromatic heterocycles. The highest BCUT2D eigenvalue weighted by Gasteiger charge is 2.36. The van der Waals surface area contributed by atoms with E-state index < -0.39 is 30.4 Å². The minimum atomic E-state index is -4.99. The molecule has 0 aliphatic rings. The lowest BCUT2D eigenvalue weighted by molar-refractivity contribution is -0.165. The fourth-order valence-corrected chi connectivity index (χ4v) is 2.63. The number of amides is 1. The average molecular weight is 448 g/mol. The van der Waals surface area contributed by atoms with Gasteiger partial charge in [0.25, 0.3) is 11.7 Å². The molecule has 0 bridgehead atoms. The second-order valence-corrected chi connectivity index (χ2v) is 6.81. The lowest BCUT2D eigenvalue weighted by atomic mass is 10.1. The molecule has 0 saturated carbocycles. The molecule has 2 aromatic carbocycles. The summed E-state index contributed by atoms with van der Waals surface area (Å²) in [6.07, 6.45) is -0.784. The Labute approximate surface area is 183 Å². The highest BCUT2D eigenvalue weighted by atomic mass is 19.4. The quantitative estimate of drug-likeness (QED) is 0.400. The van der Waals surface area contributed by atoms with E-state index in [4.69, 9.17) is 4.74 Å². The van der Waals surface area contributed by atoms with E-state index in [1.807, 2.05) is 12.1 Å². The number of anilines is 2. The predicted octanol–water partition coefficient (Wildman–Crippen LogP) is 4.88. The summed E-state index contributed by atoms with van der Waals surface area (Å²) in [5.74, 6) is -3.44. The minimum absolute atomic E-state index is 0.00955. The first kappa shape index (κ1) is 24.6. The van der Waals surface area contributed by atoms with Crippen molar-refractivity contribution in [2.75, 3.05) is 17.2 Å². The molecule has 2 N–H and O–H groups in total. The van der Waals surface area contributed by atoms with Crippen molar-refractivity contribution in [3.63, 3.8) is 0 Å². The topological polar surface area (TPSA) is 84.5 Å². The highest BCUT2D eigenvalue weighted by Crippen LogP contribution is 2.19. The molecule has 6 nitrogen and oxygen atoms in total. The summed E-state index contributed by atoms with van der Waals surface area (Å²) >= 11 is 0. The second-order valence-electron chi connectivity index (χ2n) is 6.81.